The normalized spacial score (nSPS) is 23.8. The topological polar surface area (TPSA) is 66.6 Å². The lowest BCUT2D eigenvalue weighted by Gasteiger charge is -2.13. The third-order valence-corrected chi connectivity index (χ3v) is 3.75. The van der Waals surface area contributed by atoms with Gasteiger partial charge in [0.05, 0.1) is 0 Å². The van der Waals surface area contributed by atoms with Gasteiger partial charge < -0.3 is 5.73 Å². The van der Waals surface area contributed by atoms with Crippen molar-refractivity contribution in [3.63, 3.8) is 0 Å². The van der Waals surface area contributed by atoms with Crippen LogP contribution in [-0.2, 0) is 10.2 Å². The van der Waals surface area contributed by atoms with Crippen LogP contribution in [0.15, 0.2) is 0 Å². The van der Waals surface area contributed by atoms with Gasteiger partial charge >= 0.3 is 0 Å². The molecule has 0 bridgehead atoms. The lowest BCUT2D eigenvalue weighted by molar-refractivity contribution is 0.456. The Labute approximate surface area is 79.1 Å². The summed E-state index contributed by atoms with van der Waals surface area (Å²) >= 11 is 0. The maximum Gasteiger partial charge on any atom is 0.281 e. The zero-order valence-corrected chi connectivity index (χ0v) is 8.57. The molecule has 0 spiro atoms. The molecule has 1 aliphatic heterocycles. The fourth-order valence-corrected chi connectivity index (χ4v) is 2.41. The molecular formula is C5H14ClN3O2S. The zero-order chi connectivity index (χ0) is 8.48. The van der Waals surface area contributed by atoms with Crippen molar-refractivity contribution in [1.82, 2.24) is 8.61 Å². The number of halogens is 1. The Morgan fingerprint density at radius 2 is 2.00 bits per heavy atom. The highest BCUT2D eigenvalue weighted by atomic mass is 35.5. The molecule has 0 aromatic heterocycles. The highest BCUT2D eigenvalue weighted by molar-refractivity contribution is 7.87. The molecule has 1 fully saturated rings. The fraction of sp³-hybridized carbons (Fsp3) is 1.00. The Kier molecular flexibility index (Phi) is 4.43. The minimum Gasteiger partial charge on any atom is -0.329 e. The summed E-state index contributed by atoms with van der Waals surface area (Å²) in [5, 5.41) is 0. The quantitative estimate of drug-likeness (QED) is 0.633. The van der Waals surface area contributed by atoms with Crippen LogP contribution in [0, 0.1) is 0 Å². The van der Waals surface area contributed by atoms with Gasteiger partial charge in [-0.25, -0.2) is 0 Å². The van der Waals surface area contributed by atoms with E-state index in [0.717, 1.165) is 0 Å². The predicted octanol–water partition coefficient (Wildman–Crippen LogP) is -1.14. The zero-order valence-electron chi connectivity index (χ0n) is 6.93. The molecule has 5 nitrogen and oxygen atoms in total. The Morgan fingerprint density at radius 3 is 2.33 bits per heavy atom. The lowest BCUT2D eigenvalue weighted by atomic mass is 10.6. The molecule has 0 saturated carbocycles. The first-order valence-electron chi connectivity index (χ1n) is 3.50. The maximum absolute atomic E-state index is 11.3. The van der Waals surface area contributed by atoms with Gasteiger partial charge in [-0.15, -0.1) is 12.4 Å². The smallest absolute Gasteiger partial charge is 0.281 e. The van der Waals surface area contributed by atoms with E-state index in [2.05, 4.69) is 0 Å². The molecule has 1 aliphatic rings. The van der Waals surface area contributed by atoms with E-state index in [1.807, 2.05) is 0 Å². The Balaban J connectivity index is 0.00000121. The highest BCUT2D eigenvalue weighted by Crippen LogP contribution is 2.12. The van der Waals surface area contributed by atoms with Crippen LogP contribution in [0.25, 0.3) is 0 Å². The summed E-state index contributed by atoms with van der Waals surface area (Å²) < 4.78 is 25.3. The third-order valence-electron chi connectivity index (χ3n) is 1.76. The first kappa shape index (κ1) is 12.1. The Bertz CT molecular complexity index is 229. The van der Waals surface area contributed by atoms with Gasteiger partial charge in [-0.1, -0.05) is 0 Å². The maximum atomic E-state index is 11.3. The van der Waals surface area contributed by atoms with E-state index in [9.17, 15) is 8.42 Å². The summed E-state index contributed by atoms with van der Waals surface area (Å²) in [6.45, 7) is 1.94. The van der Waals surface area contributed by atoms with Crippen molar-refractivity contribution in [2.75, 3.05) is 33.2 Å². The average Bonchev–Trinajstić information content (AvgIpc) is 2.16. The molecule has 0 atom stereocenters. The highest BCUT2D eigenvalue weighted by Gasteiger charge is 2.32. The molecule has 12 heavy (non-hydrogen) atoms. The second-order valence-electron chi connectivity index (χ2n) is 2.52. The van der Waals surface area contributed by atoms with Crippen LogP contribution in [-0.4, -0.2) is 50.3 Å². The number of likely N-dealkylation sites (N-methyl/N-ethyl adjacent to an activating group) is 1. The summed E-state index contributed by atoms with van der Waals surface area (Å²) in [4.78, 5) is 0. The average molecular weight is 216 g/mol. The first-order valence-corrected chi connectivity index (χ1v) is 4.90. The summed E-state index contributed by atoms with van der Waals surface area (Å²) in [6, 6.07) is 0. The van der Waals surface area contributed by atoms with Gasteiger partial charge in [0.25, 0.3) is 10.2 Å². The van der Waals surface area contributed by atoms with Crippen molar-refractivity contribution in [2.45, 2.75) is 0 Å². The number of hydrogen-bond acceptors (Lipinski definition) is 3. The molecule has 1 saturated heterocycles. The standard InChI is InChI=1S/C5H13N3O2S.ClH/c1-7-4-5-8(3-2-6)11(7,9)10;/h2-6H2,1H3;1H. The predicted molar refractivity (Wildman–Crippen MR) is 49.4 cm³/mol. The van der Waals surface area contributed by atoms with Crippen molar-refractivity contribution >= 4 is 22.6 Å². The SMILES string of the molecule is CN1CCN(CCN)S1(=O)=O.Cl. The number of rotatable bonds is 2. The van der Waals surface area contributed by atoms with Crippen molar-refractivity contribution in [2.24, 2.45) is 5.73 Å². The van der Waals surface area contributed by atoms with Crippen LogP contribution < -0.4 is 5.73 Å². The van der Waals surface area contributed by atoms with Crippen LogP contribution in [0.3, 0.4) is 0 Å². The third kappa shape index (κ3) is 2.08. The summed E-state index contributed by atoms with van der Waals surface area (Å²) in [6.07, 6.45) is 0. The molecule has 0 amide bonds. The number of nitrogens with two attached hydrogens (primary N) is 1. The second-order valence-corrected chi connectivity index (χ2v) is 4.55. The van der Waals surface area contributed by atoms with Crippen molar-refractivity contribution < 1.29 is 8.42 Å². The second kappa shape index (κ2) is 4.38. The Hall–Kier alpha value is 0.120. The molecule has 0 aromatic carbocycles. The first-order chi connectivity index (χ1) is 5.09. The van der Waals surface area contributed by atoms with E-state index < -0.39 is 10.2 Å². The molecule has 0 aliphatic carbocycles. The minimum absolute atomic E-state index is 0. The molecular weight excluding hydrogens is 202 g/mol. The van der Waals surface area contributed by atoms with Crippen LogP contribution in [0.5, 0.6) is 0 Å². The van der Waals surface area contributed by atoms with Crippen LogP contribution >= 0.6 is 12.4 Å². The van der Waals surface area contributed by atoms with Crippen molar-refractivity contribution in [3.05, 3.63) is 0 Å². The van der Waals surface area contributed by atoms with E-state index in [0.29, 0.717) is 26.2 Å². The van der Waals surface area contributed by atoms with Crippen LogP contribution in [0.1, 0.15) is 0 Å². The van der Waals surface area contributed by atoms with Crippen LogP contribution in [0.4, 0.5) is 0 Å². The monoisotopic (exact) mass is 215 g/mol. The van der Waals surface area contributed by atoms with E-state index in [1.54, 1.807) is 7.05 Å². The molecule has 0 aromatic rings. The molecule has 74 valence electrons. The fourth-order valence-electron chi connectivity index (χ4n) is 1.05. The van der Waals surface area contributed by atoms with Gasteiger partial charge in [-0.05, 0) is 0 Å². The van der Waals surface area contributed by atoms with E-state index in [1.165, 1.54) is 8.61 Å². The molecule has 1 rings (SSSR count). The van der Waals surface area contributed by atoms with Gasteiger partial charge in [-0.2, -0.15) is 17.0 Å². The van der Waals surface area contributed by atoms with Gasteiger partial charge in [0, 0.05) is 33.2 Å². The molecule has 0 radical (unpaired) electrons. The van der Waals surface area contributed by atoms with E-state index in [4.69, 9.17) is 5.73 Å². The van der Waals surface area contributed by atoms with E-state index in [-0.39, 0.29) is 12.4 Å². The molecule has 7 heteroatoms. The van der Waals surface area contributed by atoms with Gasteiger partial charge in [0.1, 0.15) is 0 Å². The molecule has 0 unspecified atom stereocenters. The summed E-state index contributed by atoms with van der Waals surface area (Å²) in [5.74, 6) is 0. The van der Waals surface area contributed by atoms with E-state index >= 15 is 0 Å². The van der Waals surface area contributed by atoms with Gasteiger partial charge in [0.2, 0.25) is 0 Å². The van der Waals surface area contributed by atoms with Gasteiger partial charge in [0.15, 0.2) is 0 Å². The number of hydrogen-bond donors (Lipinski definition) is 1. The Morgan fingerprint density at radius 1 is 1.42 bits per heavy atom. The van der Waals surface area contributed by atoms with Crippen molar-refractivity contribution in [3.8, 4) is 0 Å². The van der Waals surface area contributed by atoms with Gasteiger partial charge in [-0.3, -0.25) is 0 Å². The minimum atomic E-state index is -3.14. The summed E-state index contributed by atoms with van der Waals surface area (Å²) in [5.41, 5.74) is 5.25. The lowest BCUT2D eigenvalue weighted by Crippen LogP contribution is -2.34. The molecule has 1 heterocycles. The van der Waals surface area contributed by atoms with Crippen molar-refractivity contribution in [1.29, 1.82) is 0 Å². The van der Waals surface area contributed by atoms with Crippen LogP contribution in [0.2, 0.25) is 0 Å². The molecule has 2 N–H and O–H groups in total. The summed E-state index contributed by atoms with van der Waals surface area (Å²) in [7, 11) is -1.57. The number of nitrogens with zero attached hydrogens (tertiary/aromatic N) is 2. The largest absolute Gasteiger partial charge is 0.329 e.